The van der Waals surface area contributed by atoms with E-state index in [0.29, 0.717) is 0 Å². The third-order valence-electron chi connectivity index (χ3n) is 3.87. The van der Waals surface area contributed by atoms with Gasteiger partial charge in [-0.05, 0) is 17.2 Å². The first kappa shape index (κ1) is 16.7. The van der Waals surface area contributed by atoms with E-state index < -0.39 is 47.5 Å². The van der Waals surface area contributed by atoms with Gasteiger partial charge in [-0.1, -0.05) is 24.3 Å². The highest BCUT2D eigenvalue weighted by molar-refractivity contribution is 7.87. The van der Waals surface area contributed by atoms with Gasteiger partial charge in [-0.3, -0.25) is 18.7 Å². The van der Waals surface area contributed by atoms with Crippen molar-refractivity contribution in [3.63, 3.8) is 0 Å². The predicted octanol–water partition coefficient (Wildman–Crippen LogP) is 0.364. The van der Waals surface area contributed by atoms with Crippen molar-refractivity contribution in [1.82, 2.24) is 0 Å². The molecule has 0 bridgehead atoms. The van der Waals surface area contributed by atoms with Gasteiger partial charge >= 0.3 is 0 Å². The highest BCUT2D eigenvalue weighted by Crippen LogP contribution is 2.34. The molecule has 1 aromatic rings. The molecule has 0 saturated carbocycles. The smallest absolute Gasteiger partial charge is 0.292 e. The Kier molecular flexibility index (Phi) is 3.61. The summed E-state index contributed by atoms with van der Waals surface area (Å²) < 4.78 is 63.8. The van der Waals surface area contributed by atoms with Crippen molar-refractivity contribution in [2.75, 3.05) is 0 Å². The van der Waals surface area contributed by atoms with Crippen molar-refractivity contribution < 1.29 is 35.5 Å². The number of hydrogen-bond donors (Lipinski definition) is 2. The van der Waals surface area contributed by atoms with Crippen LogP contribution in [-0.4, -0.2) is 42.8 Å². The Balaban J connectivity index is 2.19. The summed E-state index contributed by atoms with van der Waals surface area (Å²) in [6.07, 6.45) is 1.98. The Morgan fingerprint density at radius 2 is 1.71 bits per heavy atom. The van der Waals surface area contributed by atoms with E-state index >= 15 is 0 Å². The van der Waals surface area contributed by atoms with Gasteiger partial charge in [0, 0.05) is 12.0 Å². The second-order valence-corrected chi connectivity index (χ2v) is 8.25. The summed E-state index contributed by atoms with van der Waals surface area (Å²) in [7, 11) is -9.29. The number of benzene rings is 1. The Labute approximate surface area is 137 Å². The number of fused-ring (bicyclic) bond motifs is 1. The lowest BCUT2D eigenvalue weighted by molar-refractivity contribution is -0.114. The highest BCUT2D eigenvalue weighted by atomic mass is 32.2. The summed E-state index contributed by atoms with van der Waals surface area (Å²) in [5.41, 5.74) is -0.346. The number of hydrogen-bond acceptors (Lipinski definition) is 6. The molecule has 2 aliphatic carbocycles. The average Bonchev–Trinajstić information content (AvgIpc) is 2.44. The van der Waals surface area contributed by atoms with E-state index in [9.17, 15) is 31.0 Å². The van der Waals surface area contributed by atoms with Crippen molar-refractivity contribution in [3.8, 4) is 0 Å². The van der Waals surface area contributed by atoms with Crippen LogP contribution in [0.25, 0.3) is 0 Å². The molecule has 0 aliphatic heterocycles. The third-order valence-corrected chi connectivity index (χ3v) is 5.82. The second kappa shape index (κ2) is 5.18. The number of rotatable bonds is 2. The van der Waals surface area contributed by atoms with Gasteiger partial charge in [0.05, 0.1) is 10.5 Å². The van der Waals surface area contributed by atoms with Gasteiger partial charge < -0.3 is 0 Å². The topological polar surface area (TPSA) is 143 Å². The van der Waals surface area contributed by atoms with Crippen LogP contribution in [-0.2, 0) is 31.5 Å². The molecule has 0 saturated heterocycles. The van der Waals surface area contributed by atoms with Gasteiger partial charge in [-0.15, -0.1) is 0 Å². The number of carbonyl (C=O) groups is 2. The lowest BCUT2D eigenvalue weighted by atomic mass is 9.80. The summed E-state index contributed by atoms with van der Waals surface area (Å²) in [5, 5.41) is -1.87. The Morgan fingerprint density at radius 1 is 1.04 bits per heavy atom. The van der Waals surface area contributed by atoms with Crippen LogP contribution in [0.15, 0.2) is 46.4 Å². The number of Topliss-reactive ketones (excluding diaryl/α,β-unsaturated/α-hetero) is 2. The first-order valence-electron chi connectivity index (χ1n) is 6.58. The third kappa shape index (κ3) is 2.53. The molecule has 1 aromatic carbocycles. The molecular weight excluding hydrogens is 360 g/mol. The Hall–Kier alpha value is -2.14. The van der Waals surface area contributed by atoms with E-state index in [0.717, 1.165) is 12.1 Å². The van der Waals surface area contributed by atoms with E-state index in [1.807, 2.05) is 0 Å². The van der Waals surface area contributed by atoms with Crippen molar-refractivity contribution in [3.05, 3.63) is 52.6 Å². The van der Waals surface area contributed by atoms with Crippen LogP contribution in [0.1, 0.15) is 15.9 Å². The largest absolute Gasteiger partial charge is 0.294 e. The van der Waals surface area contributed by atoms with Gasteiger partial charge in [-0.2, -0.15) is 16.8 Å². The van der Waals surface area contributed by atoms with Gasteiger partial charge in [0.15, 0.2) is 16.8 Å². The highest BCUT2D eigenvalue weighted by Gasteiger charge is 2.41. The molecular formula is C14H10O8S2. The molecule has 3 rings (SSSR count). The van der Waals surface area contributed by atoms with Gasteiger partial charge in [0.25, 0.3) is 20.2 Å². The molecule has 0 amide bonds. The zero-order valence-corrected chi connectivity index (χ0v) is 13.5. The van der Waals surface area contributed by atoms with E-state index in [1.54, 1.807) is 0 Å². The van der Waals surface area contributed by atoms with Crippen LogP contribution in [0.2, 0.25) is 0 Å². The fourth-order valence-electron chi connectivity index (χ4n) is 2.84. The van der Waals surface area contributed by atoms with Crippen molar-refractivity contribution >= 4 is 31.8 Å². The Morgan fingerprint density at radius 3 is 2.29 bits per heavy atom. The van der Waals surface area contributed by atoms with Gasteiger partial charge in [-0.25, -0.2) is 0 Å². The van der Waals surface area contributed by atoms with Crippen molar-refractivity contribution in [1.29, 1.82) is 0 Å². The van der Waals surface area contributed by atoms with Crippen molar-refractivity contribution in [2.45, 2.75) is 16.6 Å². The van der Waals surface area contributed by atoms with Crippen LogP contribution in [0, 0.1) is 0 Å². The molecule has 0 spiro atoms. The molecule has 2 N–H and O–H groups in total. The van der Waals surface area contributed by atoms with E-state index in [2.05, 4.69) is 0 Å². The predicted molar refractivity (Wildman–Crippen MR) is 80.8 cm³/mol. The second-order valence-electron chi connectivity index (χ2n) is 5.32. The first-order chi connectivity index (χ1) is 11.0. The van der Waals surface area contributed by atoms with Crippen LogP contribution < -0.4 is 0 Å². The number of carbonyl (C=O) groups excluding carboxylic acids is 2. The van der Waals surface area contributed by atoms with E-state index in [1.165, 1.54) is 18.2 Å². The maximum absolute atomic E-state index is 12.5. The minimum atomic E-state index is -4.72. The minimum absolute atomic E-state index is 0.0338. The normalized spacial score (nSPS) is 20.8. The Bertz CT molecular complexity index is 1060. The van der Waals surface area contributed by atoms with Crippen LogP contribution in [0.4, 0.5) is 0 Å². The van der Waals surface area contributed by atoms with Gasteiger partial charge in [0.1, 0.15) is 0 Å². The maximum atomic E-state index is 12.5. The fraction of sp³-hybridized carbons (Fsp3) is 0.143. The fourth-order valence-corrected chi connectivity index (χ4v) is 4.25. The zero-order chi connectivity index (χ0) is 17.9. The summed E-state index contributed by atoms with van der Waals surface area (Å²) >= 11 is 0. The molecule has 2 aliphatic rings. The molecule has 0 fully saturated rings. The van der Waals surface area contributed by atoms with E-state index in [4.69, 9.17) is 4.55 Å². The molecule has 126 valence electrons. The molecule has 0 heterocycles. The molecule has 0 radical (unpaired) electrons. The average molecular weight is 370 g/mol. The standard InChI is InChI=1S/C14H10O8S2/c15-13-8-2-1-3-10(23(17,18)19)9(8)6-7-4-5-11(24(20,21)22)14(16)12(7)13/h1-5,11H,6H2,(H,17,18,19)(H,20,21,22). The van der Waals surface area contributed by atoms with Crippen LogP contribution in [0.5, 0.6) is 0 Å². The molecule has 24 heavy (non-hydrogen) atoms. The zero-order valence-electron chi connectivity index (χ0n) is 11.8. The maximum Gasteiger partial charge on any atom is 0.294 e. The number of allylic oxidation sites excluding steroid dienone is 3. The quantitative estimate of drug-likeness (QED) is 0.561. The lowest BCUT2D eigenvalue weighted by Gasteiger charge is -2.25. The molecule has 10 heteroatoms. The van der Waals surface area contributed by atoms with Crippen LogP contribution >= 0.6 is 0 Å². The monoisotopic (exact) mass is 370 g/mol. The molecule has 8 nitrogen and oxygen atoms in total. The molecule has 0 aromatic heterocycles. The minimum Gasteiger partial charge on any atom is -0.292 e. The summed E-state index contributed by atoms with van der Waals surface area (Å²) in [5.74, 6) is -1.91. The number of ketones is 2. The van der Waals surface area contributed by atoms with Gasteiger partial charge in [0.2, 0.25) is 0 Å². The lowest BCUT2D eigenvalue weighted by Crippen LogP contribution is -2.36. The van der Waals surface area contributed by atoms with Crippen LogP contribution in [0.3, 0.4) is 0 Å². The van der Waals surface area contributed by atoms with Crippen molar-refractivity contribution in [2.24, 2.45) is 0 Å². The summed E-state index contributed by atoms with van der Waals surface area (Å²) in [6, 6.07) is 3.64. The van der Waals surface area contributed by atoms with E-state index in [-0.39, 0.29) is 23.1 Å². The molecule has 1 atom stereocenters. The first-order valence-corrected chi connectivity index (χ1v) is 9.52. The summed E-state index contributed by atoms with van der Waals surface area (Å²) in [4.78, 5) is 24.4. The SMILES string of the molecule is O=C1C2=C(C=CC(S(=O)(=O)O)C2=O)Cc2c1cccc2S(=O)(=O)O. The molecule has 1 unspecified atom stereocenters. The summed E-state index contributed by atoms with van der Waals surface area (Å²) in [6.45, 7) is 0.